The zero-order chi connectivity index (χ0) is 25.9. The molecule has 0 saturated carbocycles. The van der Waals surface area contributed by atoms with Crippen LogP contribution in [0, 0.1) is 10.1 Å². The van der Waals surface area contributed by atoms with E-state index >= 15 is 0 Å². The molecule has 11 heteroatoms. The second-order valence-corrected chi connectivity index (χ2v) is 10.9. The number of nitro benzene ring substituents is 1. The summed E-state index contributed by atoms with van der Waals surface area (Å²) < 4.78 is 0. The molecule has 194 valence electrons. The summed E-state index contributed by atoms with van der Waals surface area (Å²) in [7, 11) is 0. The standard InChI is InChI=1S/C26H29ClN6O3S/c27-21-9-4-17(16-22(21)33(35)36)23(34)24-25(28)30-26(37-24)29-18-5-7-19(8-6-18)32-14-10-20(11-15-32)31-12-2-1-3-13-31/h4-9,16,20H,1-3,10-15,28H2,(H,29,30). The van der Waals surface area contributed by atoms with Gasteiger partial charge in [0, 0.05) is 42.1 Å². The first kappa shape index (κ1) is 25.4. The molecule has 0 spiro atoms. The number of carbonyl (C=O) groups is 1. The Labute approximate surface area is 224 Å². The van der Waals surface area contributed by atoms with Crippen LogP contribution in [-0.2, 0) is 0 Å². The Hall–Kier alpha value is -3.21. The number of hydrogen-bond donors (Lipinski definition) is 2. The van der Waals surface area contributed by atoms with Crippen LogP contribution >= 0.6 is 22.9 Å². The number of aromatic nitrogens is 1. The number of nitrogens with two attached hydrogens (primary N) is 1. The minimum atomic E-state index is -0.622. The highest BCUT2D eigenvalue weighted by Gasteiger charge is 2.26. The van der Waals surface area contributed by atoms with Crippen molar-refractivity contribution >= 4 is 56.7 Å². The number of nitrogen functional groups attached to an aromatic ring is 1. The van der Waals surface area contributed by atoms with E-state index in [1.807, 2.05) is 12.1 Å². The number of benzene rings is 2. The topological polar surface area (TPSA) is 118 Å². The second kappa shape index (κ2) is 11.0. The molecular weight excluding hydrogens is 512 g/mol. The number of halogens is 1. The summed E-state index contributed by atoms with van der Waals surface area (Å²) in [6, 6.07) is 12.8. The van der Waals surface area contributed by atoms with Crippen LogP contribution in [-0.4, -0.2) is 52.8 Å². The van der Waals surface area contributed by atoms with Gasteiger partial charge in [0.2, 0.25) is 5.78 Å². The maximum Gasteiger partial charge on any atom is 0.288 e. The Morgan fingerprint density at radius 1 is 1.08 bits per heavy atom. The van der Waals surface area contributed by atoms with Crippen LogP contribution < -0.4 is 16.0 Å². The van der Waals surface area contributed by atoms with Crippen LogP contribution in [0.4, 0.5) is 28.0 Å². The summed E-state index contributed by atoms with van der Waals surface area (Å²) in [6.45, 7) is 4.62. The molecule has 5 rings (SSSR count). The predicted octanol–water partition coefficient (Wildman–Crippen LogP) is 5.72. The summed E-state index contributed by atoms with van der Waals surface area (Å²) in [5, 5.41) is 14.8. The van der Waals surface area contributed by atoms with E-state index in [1.54, 1.807) is 0 Å². The number of thiazole rings is 1. The number of ketones is 1. The fraction of sp³-hybridized carbons (Fsp3) is 0.385. The highest BCUT2D eigenvalue weighted by atomic mass is 35.5. The average Bonchev–Trinajstić information content (AvgIpc) is 3.29. The van der Waals surface area contributed by atoms with Gasteiger partial charge >= 0.3 is 0 Å². The number of hydrogen-bond acceptors (Lipinski definition) is 9. The fourth-order valence-electron chi connectivity index (χ4n) is 5.12. The lowest BCUT2D eigenvalue weighted by molar-refractivity contribution is -0.384. The number of nitrogens with one attached hydrogen (secondary N) is 1. The Morgan fingerprint density at radius 2 is 1.78 bits per heavy atom. The number of rotatable bonds is 7. The summed E-state index contributed by atoms with van der Waals surface area (Å²) >= 11 is 6.97. The third kappa shape index (κ3) is 5.71. The molecule has 3 heterocycles. The zero-order valence-electron chi connectivity index (χ0n) is 20.4. The molecule has 2 fully saturated rings. The third-order valence-electron chi connectivity index (χ3n) is 7.12. The summed E-state index contributed by atoms with van der Waals surface area (Å²) in [6.07, 6.45) is 6.43. The van der Waals surface area contributed by atoms with Crippen molar-refractivity contribution in [1.82, 2.24) is 9.88 Å². The van der Waals surface area contributed by atoms with E-state index in [9.17, 15) is 14.9 Å². The minimum Gasteiger partial charge on any atom is -0.382 e. The van der Waals surface area contributed by atoms with Crippen LogP contribution in [0.25, 0.3) is 0 Å². The van der Waals surface area contributed by atoms with Gasteiger partial charge in [-0.2, -0.15) is 0 Å². The number of nitro groups is 1. The van der Waals surface area contributed by atoms with Crippen LogP contribution in [0.2, 0.25) is 5.02 Å². The number of carbonyl (C=O) groups excluding carboxylic acids is 1. The van der Waals surface area contributed by atoms with E-state index in [-0.39, 0.29) is 27.0 Å². The summed E-state index contributed by atoms with van der Waals surface area (Å²) in [5.41, 5.74) is 7.85. The SMILES string of the molecule is Nc1nc(Nc2ccc(N3CCC(N4CCCCC4)CC3)cc2)sc1C(=O)c1ccc(Cl)c([N+](=O)[O-])c1. The number of piperidine rings is 2. The first-order valence-corrected chi connectivity index (χ1v) is 13.7. The van der Waals surface area contributed by atoms with Crippen molar-refractivity contribution in [3.63, 3.8) is 0 Å². The molecule has 3 N–H and O–H groups in total. The number of anilines is 4. The van der Waals surface area contributed by atoms with Crippen molar-refractivity contribution in [2.24, 2.45) is 0 Å². The first-order valence-electron chi connectivity index (χ1n) is 12.5. The Bertz CT molecular complexity index is 1280. The van der Waals surface area contributed by atoms with Crippen molar-refractivity contribution in [3.05, 3.63) is 68.0 Å². The quantitative estimate of drug-likeness (QED) is 0.222. The number of likely N-dealkylation sites (tertiary alicyclic amines) is 1. The van der Waals surface area contributed by atoms with Crippen LogP contribution in [0.15, 0.2) is 42.5 Å². The molecule has 0 bridgehead atoms. The molecule has 2 aliphatic rings. The summed E-state index contributed by atoms with van der Waals surface area (Å²) in [4.78, 5) is 33.1. The van der Waals surface area contributed by atoms with Gasteiger partial charge in [0.25, 0.3) is 5.69 Å². The molecule has 2 saturated heterocycles. The Morgan fingerprint density at radius 3 is 2.46 bits per heavy atom. The van der Waals surface area contributed by atoms with Gasteiger partial charge in [-0.05, 0) is 75.2 Å². The molecular formula is C26H29ClN6O3S. The minimum absolute atomic E-state index is 0.0315. The van der Waals surface area contributed by atoms with E-state index in [1.165, 1.54) is 63.0 Å². The maximum absolute atomic E-state index is 13.0. The van der Waals surface area contributed by atoms with E-state index in [0.29, 0.717) is 11.2 Å². The molecule has 0 unspecified atom stereocenters. The highest BCUT2D eigenvalue weighted by Crippen LogP contribution is 2.33. The van der Waals surface area contributed by atoms with Crippen LogP contribution in [0.5, 0.6) is 0 Å². The Kier molecular flexibility index (Phi) is 7.59. The van der Waals surface area contributed by atoms with Crippen molar-refractivity contribution in [3.8, 4) is 0 Å². The fourth-order valence-corrected chi connectivity index (χ4v) is 6.18. The molecule has 37 heavy (non-hydrogen) atoms. The van der Waals surface area contributed by atoms with Gasteiger partial charge in [-0.1, -0.05) is 29.4 Å². The lowest BCUT2D eigenvalue weighted by atomic mass is 9.99. The zero-order valence-corrected chi connectivity index (χ0v) is 21.9. The molecule has 0 amide bonds. The second-order valence-electron chi connectivity index (χ2n) is 9.47. The Balaban J connectivity index is 1.21. The van der Waals surface area contributed by atoms with Crippen LogP contribution in [0.3, 0.4) is 0 Å². The third-order valence-corrected chi connectivity index (χ3v) is 8.42. The molecule has 9 nitrogen and oxygen atoms in total. The molecule has 0 atom stereocenters. The summed E-state index contributed by atoms with van der Waals surface area (Å²) in [5.74, 6) is -0.366. The first-order chi connectivity index (χ1) is 17.9. The number of nitrogens with zero attached hydrogens (tertiary/aromatic N) is 4. The highest BCUT2D eigenvalue weighted by molar-refractivity contribution is 7.18. The average molecular weight is 541 g/mol. The van der Waals surface area contributed by atoms with Gasteiger partial charge in [-0.3, -0.25) is 14.9 Å². The maximum atomic E-state index is 13.0. The molecule has 0 aliphatic carbocycles. The smallest absolute Gasteiger partial charge is 0.288 e. The molecule has 0 radical (unpaired) electrons. The van der Waals surface area contributed by atoms with E-state index < -0.39 is 10.7 Å². The van der Waals surface area contributed by atoms with Gasteiger partial charge in [-0.25, -0.2) is 4.98 Å². The van der Waals surface area contributed by atoms with E-state index in [0.717, 1.165) is 36.2 Å². The van der Waals surface area contributed by atoms with Gasteiger partial charge in [-0.15, -0.1) is 0 Å². The molecule has 2 aromatic carbocycles. The molecule has 2 aliphatic heterocycles. The predicted molar refractivity (Wildman–Crippen MR) is 148 cm³/mol. The van der Waals surface area contributed by atoms with Gasteiger partial charge in [0.15, 0.2) is 5.13 Å². The van der Waals surface area contributed by atoms with Crippen molar-refractivity contribution < 1.29 is 9.72 Å². The lowest BCUT2D eigenvalue weighted by Gasteiger charge is -2.41. The van der Waals surface area contributed by atoms with Crippen molar-refractivity contribution in [2.45, 2.75) is 38.1 Å². The van der Waals surface area contributed by atoms with Crippen LogP contribution in [0.1, 0.15) is 47.3 Å². The molecule has 3 aromatic rings. The lowest BCUT2D eigenvalue weighted by Crippen LogP contribution is -2.46. The van der Waals surface area contributed by atoms with Gasteiger partial charge in [0.1, 0.15) is 15.7 Å². The van der Waals surface area contributed by atoms with Gasteiger partial charge in [0.05, 0.1) is 4.92 Å². The van der Waals surface area contributed by atoms with E-state index in [2.05, 4.69) is 32.2 Å². The van der Waals surface area contributed by atoms with Crippen molar-refractivity contribution in [2.75, 3.05) is 42.1 Å². The van der Waals surface area contributed by atoms with E-state index in [4.69, 9.17) is 17.3 Å². The monoisotopic (exact) mass is 540 g/mol. The van der Waals surface area contributed by atoms with Crippen molar-refractivity contribution in [1.29, 1.82) is 0 Å². The van der Waals surface area contributed by atoms with Gasteiger partial charge < -0.3 is 20.9 Å². The molecule has 1 aromatic heterocycles. The largest absolute Gasteiger partial charge is 0.382 e. The normalized spacial score (nSPS) is 17.1.